The van der Waals surface area contributed by atoms with Gasteiger partial charge >= 0.3 is 0 Å². The summed E-state index contributed by atoms with van der Waals surface area (Å²) in [6, 6.07) is 17.8. The van der Waals surface area contributed by atoms with Crippen molar-refractivity contribution in [2.75, 3.05) is 5.75 Å². The molecule has 2 amide bonds. The molecule has 0 unspecified atom stereocenters. The van der Waals surface area contributed by atoms with E-state index in [-0.39, 0.29) is 17.9 Å². The molecule has 0 bridgehead atoms. The Morgan fingerprint density at radius 1 is 1.07 bits per heavy atom. The maximum Gasteiger partial charge on any atom is 0.242 e. The number of carbonyl (C=O) groups is 2. The van der Waals surface area contributed by atoms with Crippen LogP contribution in [0.5, 0.6) is 0 Å². The first kappa shape index (κ1) is 22.9. The lowest BCUT2D eigenvalue weighted by molar-refractivity contribution is -0.138. The van der Waals surface area contributed by atoms with E-state index in [0.717, 1.165) is 41.5 Å². The average Bonchev–Trinajstić information content (AvgIpc) is 3.26. The Labute approximate surface area is 191 Å². The van der Waals surface area contributed by atoms with Crippen LogP contribution in [0.1, 0.15) is 43.7 Å². The van der Waals surface area contributed by atoms with Crippen molar-refractivity contribution in [3.8, 4) is 0 Å². The number of halogens is 1. The summed E-state index contributed by atoms with van der Waals surface area (Å²) in [5.74, 6) is 1.07. The molecule has 0 saturated heterocycles. The molecule has 1 aliphatic rings. The fourth-order valence-corrected chi connectivity index (χ4v) is 4.81. The first-order chi connectivity index (χ1) is 14.5. The first-order valence-corrected chi connectivity index (χ1v) is 12.4. The van der Waals surface area contributed by atoms with Crippen molar-refractivity contribution in [2.45, 2.75) is 57.0 Å². The Bertz CT molecular complexity index is 823. The summed E-state index contributed by atoms with van der Waals surface area (Å²) in [7, 11) is 0. The molecule has 1 atom stereocenters. The Hall–Kier alpha value is -1.79. The van der Waals surface area contributed by atoms with Gasteiger partial charge in [-0.25, -0.2) is 0 Å². The second-order valence-electron chi connectivity index (χ2n) is 7.79. The number of hydrogen-bond donors (Lipinski definition) is 1. The molecule has 160 valence electrons. The molecular weight excluding hydrogens is 460 g/mol. The van der Waals surface area contributed by atoms with Crippen molar-refractivity contribution in [3.63, 3.8) is 0 Å². The van der Waals surface area contributed by atoms with E-state index in [9.17, 15) is 9.59 Å². The quantitative estimate of drug-likeness (QED) is 0.530. The van der Waals surface area contributed by atoms with E-state index in [4.69, 9.17) is 0 Å². The summed E-state index contributed by atoms with van der Waals surface area (Å²) in [4.78, 5) is 27.7. The maximum atomic E-state index is 13.1. The van der Waals surface area contributed by atoms with Gasteiger partial charge in [0.15, 0.2) is 0 Å². The second-order valence-corrected chi connectivity index (χ2v) is 9.69. The maximum absolute atomic E-state index is 13.1. The third kappa shape index (κ3) is 6.88. The van der Waals surface area contributed by atoms with Gasteiger partial charge < -0.3 is 10.2 Å². The van der Waals surface area contributed by atoms with Crippen LogP contribution in [0.3, 0.4) is 0 Å². The van der Waals surface area contributed by atoms with Gasteiger partial charge in [-0.2, -0.15) is 0 Å². The number of nitrogens with zero attached hydrogens (tertiary/aromatic N) is 1. The smallest absolute Gasteiger partial charge is 0.242 e. The van der Waals surface area contributed by atoms with Crippen molar-refractivity contribution < 1.29 is 9.59 Å². The van der Waals surface area contributed by atoms with Crippen LogP contribution < -0.4 is 5.32 Å². The fourth-order valence-electron chi connectivity index (χ4n) is 3.67. The average molecular weight is 489 g/mol. The fraction of sp³-hybridized carbons (Fsp3) is 0.417. The van der Waals surface area contributed by atoms with Crippen LogP contribution in [0.15, 0.2) is 59.1 Å². The number of hydrogen-bond acceptors (Lipinski definition) is 3. The number of nitrogens with one attached hydrogen (secondary N) is 1. The van der Waals surface area contributed by atoms with E-state index in [2.05, 4.69) is 33.4 Å². The summed E-state index contributed by atoms with van der Waals surface area (Å²) >= 11 is 5.04. The molecule has 4 nitrogen and oxygen atoms in total. The van der Waals surface area contributed by atoms with Crippen molar-refractivity contribution in [1.29, 1.82) is 0 Å². The largest absolute Gasteiger partial charge is 0.352 e. The van der Waals surface area contributed by atoms with Gasteiger partial charge in [0.05, 0.1) is 5.75 Å². The minimum atomic E-state index is -0.501. The highest BCUT2D eigenvalue weighted by atomic mass is 79.9. The van der Waals surface area contributed by atoms with Crippen LogP contribution in [0.4, 0.5) is 0 Å². The van der Waals surface area contributed by atoms with Gasteiger partial charge in [-0.1, -0.05) is 71.2 Å². The monoisotopic (exact) mass is 488 g/mol. The Morgan fingerprint density at radius 2 is 1.73 bits per heavy atom. The summed E-state index contributed by atoms with van der Waals surface area (Å²) in [5, 5.41) is 3.14. The lowest BCUT2D eigenvalue weighted by atomic mass is 10.1. The molecule has 0 spiro atoms. The zero-order valence-corrected chi connectivity index (χ0v) is 19.8. The van der Waals surface area contributed by atoms with Gasteiger partial charge in [-0.3, -0.25) is 9.59 Å². The van der Waals surface area contributed by atoms with Gasteiger partial charge in [0, 0.05) is 22.8 Å². The standard InChI is InChI=1S/C24H29BrN2O2S/c1-18(24(29)26-22-9-5-6-10-22)27(15-19-11-13-21(25)14-12-19)23(28)17-30-16-20-7-3-2-4-8-20/h2-4,7-8,11-14,18,22H,5-6,9-10,15-17H2,1H3,(H,26,29)/t18-/m1/s1. The number of benzene rings is 2. The van der Waals surface area contributed by atoms with Gasteiger partial charge in [0.2, 0.25) is 11.8 Å². The van der Waals surface area contributed by atoms with Crippen LogP contribution in [0.25, 0.3) is 0 Å². The molecular formula is C24H29BrN2O2S. The lowest BCUT2D eigenvalue weighted by Gasteiger charge is -2.29. The topological polar surface area (TPSA) is 49.4 Å². The predicted octanol–water partition coefficient (Wildman–Crippen LogP) is 5.16. The number of carbonyl (C=O) groups excluding carboxylic acids is 2. The summed E-state index contributed by atoms with van der Waals surface area (Å²) in [5.41, 5.74) is 2.21. The van der Waals surface area contributed by atoms with Crippen molar-refractivity contribution in [1.82, 2.24) is 10.2 Å². The van der Waals surface area contributed by atoms with E-state index in [1.807, 2.05) is 49.4 Å². The molecule has 2 aromatic carbocycles. The Kier molecular flexibility index (Phi) is 8.82. The minimum absolute atomic E-state index is 0.00655. The van der Waals surface area contributed by atoms with Gasteiger partial charge in [0.25, 0.3) is 0 Å². The predicted molar refractivity (Wildman–Crippen MR) is 127 cm³/mol. The van der Waals surface area contributed by atoms with Crippen LogP contribution in [-0.2, 0) is 21.9 Å². The molecule has 0 heterocycles. The molecule has 1 N–H and O–H groups in total. The molecule has 0 aliphatic heterocycles. The van der Waals surface area contributed by atoms with Gasteiger partial charge in [-0.05, 0) is 43.0 Å². The minimum Gasteiger partial charge on any atom is -0.352 e. The molecule has 3 rings (SSSR count). The highest BCUT2D eigenvalue weighted by Crippen LogP contribution is 2.20. The third-order valence-electron chi connectivity index (χ3n) is 5.47. The SMILES string of the molecule is C[C@H](C(=O)NC1CCCC1)N(Cc1ccc(Br)cc1)C(=O)CSCc1ccccc1. The van der Waals surface area contributed by atoms with E-state index < -0.39 is 6.04 Å². The third-order valence-corrected chi connectivity index (χ3v) is 6.99. The summed E-state index contributed by atoms with van der Waals surface area (Å²) in [6.07, 6.45) is 4.39. The lowest BCUT2D eigenvalue weighted by Crippen LogP contribution is -2.50. The number of amides is 2. The van der Waals surface area contributed by atoms with Crippen LogP contribution in [-0.4, -0.2) is 34.6 Å². The zero-order valence-electron chi connectivity index (χ0n) is 17.4. The highest BCUT2D eigenvalue weighted by molar-refractivity contribution is 9.10. The molecule has 30 heavy (non-hydrogen) atoms. The van der Waals surface area contributed by atoms with Gasteiger partial charge in [-0.15, -0.1) is 11.8 Å². The van der Waals surface area contributed by atoms with E-state index >= 15 is 0 Å². The second kappa shape index (κ2) is 11.6. The van der Waals surface area contributed by atoms with E-state index in [1.54, 1.807) is 16.7 Å². The highest BCUT2D eigenvalue weighted by Gasteiger charge is 2.28. The molecule has 6 heteroatoms. The van der Waals surface area contributed by atoms with Crippen LogP contribution >= 0.6 is 27.7 Å². The zero-order chi connectivity index (χ0) is 21.3. The summed E-state index contributed by atoms with van der Waals surface area (Å²) < 4.78 is 0.995. The molecule has 1 aliphatic carbocycles. The van der Waals surface area contributed by atoms with E-state index in [0.29, 0.717) is 12.3 Å². The van der Waals surface area contributed by atoms with Gasteiger partial charge in [0.1, 0.15) is 6.04 Å². The Balaban J connectivity index is 1.64. The summed E-state index contributed by atoms with van der Waals surface area (Å²) in [6.45, 7) is 2.26. The van der Waals surface area contributed by atoms with Crippen molar-refractivity contribution in [3.05, 3.63) is 70.2 Å². The molecule has 0 aromatic heterocycles. The molecule has 1 fully saturated rings. The van der Waals surface area contributed by atoms with Crippen LogP contribution in [0.2, 0.25) is 0 Å². The number of thioether (sulfide) groups is 1. The molecule has 0 radical (unpaired) electrons. The molecule has 2 aromatic rings. The number of rotatable bonds is 9. The van der Waals surface area contributed by atoms with Crippen LogP contribution in [0, 0.1) is 0 Å². The molecule has 1 saturated carbocycles. The normalized spacial score (nSPS) is 15.0. The van der Waals surface area contributed by atoms with Crippen molar-refractivity contribution in [2.24, 2.45) is 0 Å². The van der Waals surface area contributed by atoms with Crippen molar-refractivity contribution >= 4 is 39.5 Å². The van der Waals surface area contributed by atoms with E-state index in [1.165, 1.54) is 5.56 Å². The first-order valence-electron chi connectivity index (χ1n) is 10.5. The Morgan fingerprint density at radius 3 is 2.40 bits per heavy atom.